The van der Waals surface area contributed by atoms with E-state index in [1.54, 1.807) is 0 Å². The third kappa shape index (κ3) is 8.16. The van der Waals surface area contributed by atoms with E-state index in [1.165, 1.54) is 32.4 Å². The van der Waals surface area contributed by atoms with Crippen LogP contribution in [-0.2, 0) is 22.7 Å². The molecule has 302 valence electrons. The number of hydrogen-bond donors (Lipinski definition) is 2. The Morgan fingerprint density at radius 3 is 1.41 bits per heavy atom. The van der Waals surface area contributed by atoms with E-state index in [-0.39, 0.29) is 23.9 Å². The summed E-state index contributed by atoms with van der Waals surface area (Å²) in [6, 6.07) is 27.7. The largest absolute Gasteiger partial charge is 0.331 e. The number of hydrogen-bond acceptors (Lipinski definition) is 8. The number of fused-ring (bicyclic) bond motifs is 4. The summed E-state index contributed by atoms with van der Waals surface area (Å²) in [4.78, 5) is 42.3. The molecule has 4 heterocycles. The molecule has 2 amide bonds. The first-order chi connectivity index (χ1) is 28.1. The number of nitrogens with two attached hydrogens (primary N) is 2. The quantitative estimate of drug-likeness (QED) is 0.0881. The number of carbonyl (C=O) groups excluding carboxylic acids is 2. The maximum Gasteiger partial charge on any atom is 0.241 e. The first kappa shape index (κ1) is 40.2. The molecule has 4 N–H and O–H groups in total. The molecule has 10 nitrogen and oxygen atoms in total. The number of imidazole rings is 2. The van der Waals surface area contributed by atoms with Crippen molar-refractivity contribution in [2.45, 2.75) is 77.8 Å². The molecule has 0 aliphatic carbocycles. The Labute approximate surface area is 349 Å². The molecule has 12 heteroatoms. The number of aromatic nitrogens is 4. The maximum absolute atomic E-state index is 14.0. The van der Waals surface area contributed by atoms with Crippen LogP contribution >= 0.6 is 21.6 Å². The smallest absolute Gasteiger partial charge is 0.241 e. The Kier molecular flexibility index (Phi) is 12.0. The van der Waals surface area contributed by atoms with Crippen molar-refractivity contribution in [3.63, 3.8) is 0 Å². The molecular weight excluding hydrogens is 761 g/mol. The molecule has 8 rings (SSSR count). The van der Waals surface area contributed by atoms with Crippen molar-refractivity contribution in [1.82, 2.24) is 28.9 Å². The summed E-state index contributed by atoms with van der Waals surface area (Å²) in [7, 11) is 3.01. The lowest BCUT2D eigenvalue weighted by molar-refractivity contribution is -0.137. The van der Waals surface area contributed by atoms with E-state index >= 15 is 0 Å². The van der Waals surface area contributed by atoms with Crippen LogP contribution in [0.1, 0.15) is 64.3 Å². The van der Waals surface area contributed by atoms with Crippen LogP contribution in [-0.4, -0.2) is 77.4 Å². The minimum atomic E-state index is -0.689. The van der Waals surface area contributed by atoms with Gasteiger partial charge in [0.1, 0.15) is 11.6 Å². The number of nitrogens with zero attached hydrogens (tertiary/aromatic N) is 6. The molecule has 2 aromatic heterocycles. The van der Waals surface area contributed by atoms with Gasteiger partial charge in [-0.1, -0.05) is 134 Å². The van der Waals surface area contributed by atoms with Gasteiger partial charge in [-0.15, -0.1) is 0 Å². The molecule has 0 spiro atoms. The van der Waals surface area contributed by atoms with Crippen LogP contribution < -0.4 is 11.5 Å². The van der Waals surface area contributed by atoms with Gasteiger partial charge >= 0.3 is 0 Å². The van der Waals surface area contributed by atoms with E-state index in [1.807, 2.05) is 9.80 Å². The molecular formula is C46H54N8O2S2. The molecule has 0 saturated carbocycles. The Morgan fingerprint density at radius 1 is 0.603 bits per heavy atom. The van der Waals surface area contributed by atoms with Gasteiger partial charge in [-0.3, -0.25) is 9.59 Å². The summed E-state index contributed by atoms with van der Waals surface area (Å²) in [5, 5.41) is 4.68. The molecule has 0 unspecified atom stereocenters. The molecule has 4 atom stereocenters. The molecule has 0 bridgehead atoms. The molecule has 0 radical (unpaired) electrons. The predicted octanol–water partition coefficient (Wildman–Crippen LogP) is 8.32. The summed E-state index contributed by atoms with van der Waals surface area (Å²) < 4.78 is 4.43. The number of amides is 2. The van der Waals surface area contributed by atoms with Crippen molar-refractivity contribution in [2.24, 2.45) is 23.3 Å². The van der Waals surface area contributed by atoms with Crippen molar-refractivity contribution in [3.05, 3.63) is 109 Å². The second kappa shape index (κ2) is 17.3. The van der Waals surface area contributed by atoms with E-state index < -0.39 is 12.1 Å². The van der Waals surface area contributed by atoms with Crippen LogP contribution in [0.2, 0.25) is 0 Å². The van der Waals surface area contributed by atoms with Gasteiger partial charge in [0.05, 0.1) is 35.6 Å². The van der Waals surface area contributed by atoms with Crippen LogP contribution in [0.5, 0.6) is 0 Å². The van der Waals surface area contributed by atoms with Crippen molar-refractivity contribution >= 4 is 54.9 Å². The lowest BCUT2D eigenvalue weighted by atomic mass is 9.99. The minimum absolute atomic E-state index is 0.0664. The summed E-state index contributed by atoms with van der Waals surface area (Å²) in [6.07, 6.45) is 5.86. The zero-order chi connectivity index (χ0) is 40.5. The fraction of sp³-hybridized carbons (Fsp3) is 0.391. The highest BCUT2D eigenvalue weighted by atomic mass is 33.1. The average Bonchev–Trinajstić information content (AvgIpc) is 3.87. The van der Waals surface area contributed by atoms with Gasteiger partial charge in [0, 0.05) is 61.2 Å². The van der Waals surface area contributed by atoms with Gasteiger partial charge in [-0.2, -0.15) is 0 Å². The van der Waals surface area contributed by atoms with Crippen molar-refractivity contribution in [3.8, 4) is 22.5 Å². The highest BCUT2D eigenvalue weighted by molar-refractivity contribution is 8.76. The highest BCUT2D eigenvalue weighted by Crippen LogP contribution is 2.38. The lowest BCUT2D eigenvalue weighted by Crippen LogP contribution is -2.50. The number of carbonyl (C=O) groups is 2. The van der Waals surface area contributed by atoms with Gasteiger partial charge in [0.15, 0.2) is 0 Å². The zero-order valence-electron chi connectivity index (χ0n) is 33.8. The Balaban J connectivity index is 0.898. The minimum Gasteiger partial charge on any atom is -0.331 e. The summed E-state index contributed by atoms with van der Waals surface area (Å²) >= 11 is 0. The first-order valence-corrected chi connectivity index (χ1v) is 23.0. The Bertz CT molecular complexity index is 2250. The summed E-state index contributed by atoms with van der Waals surface area (Å²) in [5.74, 6) is 3.24. The monoisotopic (exact) mass is 814 g/mol. The fourth-order valence-electron chi connectivity index (χ4n) is 8.63. The van der Waals surface area contributed by atoms with Gasteiger partial charge in [-0.05, 0) is 46.2 Å². The van der Waals surface area contributed by atoms with Gasteiger partial charge in [-0.25, -0.2) is 9.97 Å². The normalized spacial score (nSPS) is 17.9. The average molecular weight is 815 g/mol. The molecule has 0 fully saturated rings. The summed E-state index contributed by atoms with van der Waals surface area (Å²) in [6.45, 7) is 11.2. The van der Waals surface area contributed by atoms with Crippen LogP contribution in [0.3, 0.4) is 0 Å². The van der Waals surface area contributed by atoms with E-state index in [9.17, 15) is 9.59 Å². The lowest BCUT2D eigenvalue weighted by Gasteiger charge is -2.38. The van der Waals surface area contributed by atoms with Crippen molar-refractivity contribution < 1.29 is 9.59 Å². The molecule has 6 aromatic rings. The Morgan fingerprint density at radius 2 is 1.00 bits per heavy atom. The van der Waals surface area contributed by atoms with Gasteiger partial charge < -0.3 is 30.4 Å². The fourth-order valence-corrected chi connectivity index (χ4v) is 10.9. The van der Waals surface area contributed by atoms with Gasteiger partial charge in [0.25, 0.3) is 0 Å². The summed E-state index contributed by atoms with van der Waals surface area (Å²) in [5.41, 5.74) is 17.3. The predicted molar refractivity (Wildman–Crippen MR) is 239 cm³/mol. The highest BCUT2D eigenvalue weighted by Gasteiger charge is 2.37. The molecule has 0 saturated heterocycles. The molecule has 4 aromatic carbocycles. The van der Waals surface area contributed by atoms with Crippen LogP contribution in [0.4, 0.5) is 0 Å². The van der Waals surface area contributed by atoms with E-state index in [2.05, 4.69) is 134 Å². The zero-order valence-corrected chi connectivity index (χ0v) is 35.5. The van der Waals surface area contributed by atoms with E-state index in [4.69, 9.17) is 21.4 Å². The van der Waals surface area contributed by atoms with Crippen LogP contribution in [0.25, 0.3) is 44.1 Å². The van der Waals surface area contributed by atoms with E-state index in [0.717, 1.165) is 57.8 Å². The van der Waals surface area contributed by atoms with Gasteiger partial charge in [0.2, 0.25) is 11.8 Å². The first-order valence-electron chi connectivity index (χ1n) is 20.5. The molecule has 2 aliphatic heterocycles. The second-order valence-electron chi connectivity index (χ2n) is 16.5. The second-order valence-corrected chi connectivity index (χ2v) is 19.1. The standard InChI is InChI=1S/C46H54N8O2S2/c1-29(2)23-41-43-49-39(35-17-9-13-31-11-5-7-15-33(31)35)25-51(43)19-21-53(41)45(55)37(47)27-57-58-28-38(48)46(56)54-22-20-52-26-40(50-44(52)42(54)24-30(3)4)36-18-10-14-32-12-6-8-16-34(32)36/h5-18,25-26,29-30,37-38,41-42H,19-24,27-28,47-48H2,1-4H3/t37-,38-,41-,42-/m0/s1. The maximum atomic E-state index is 14.0. The van der Waals surface area contributed by atoms with E-state index in [0.29, 0.717) is 49.5 Å². The van der Waals surface area contributed by atoms with Crippen molar-refractivity contribution in [1.29, 1.82) is 0 Å². The third-order valence-corrected chi connectivity index (χ3v) is 13.9. The SMILES string of the molecule is CC(C)C[C@H]1c2nc(-c3cccc4ccccc34)cn2CCN1C(=O)[C@@H](N)CSSC[C@H](N)C(=O)N1CCn2cc(-c3cccc4ccccc34)nc2[C@@H]1CC(C)C. The Hall–Kier alpha value is -4.62. The van der Waals surface area contributed by atoms with Crippen LogP contribution in [0.15, 0.2) is 97.3 Å². The topological polar surface area (TPSA) is 128 Å². The number of rotatable bonds is 13. The number of benzene rings is 4. The van der Waals surface area contributed by atoms with Crippen LogP contribution in [0, 0.1) is 11.8 Å². The van der Waals surface area contributed by atoms with Crippen molar-refractivity contribution in [2.75, 3.05) is 24.6 Å². The molecule has 2 aliphatic rings. The molecule has 58 heavy (non-hydrogen) atoms. The third-order valence-electron chi connectivity index (χ3n) is 11.4.